The summed E-state index contributed by atoms with van der Waals surface area (Å²) in [5, 5.41) is 3.47. The molecule has 6 nitrogen and oxygen atoms in total. The molecule has 0 spiro atoms. The molecule has 0 radical (unpaired) electrons. The Morgan fingerprint density at radius 2 is 2.08 bits per heavy atom. The lowest BCUT2D eigenvalue weighted by molar-refractivity contribution is 0.103. The highest BCUT2D eigenvalue weighted by Crippen LogP contribution is 2.34. The number of hydrogen-bond donors (Lipinski definition) is 1. The molecular weight excluding hydrogens is 362 g/mol. The number of carbonyl (C=O) groups is 1. The average Bonchev–Trinajstić information content (AvgIpc) is 2.92. The first-order valence-electron chi connectivity index (χ1n) is 7.94. The smallest absolute Gasteiger partial charge is 0.277 e. The van der Waals surface area contributed by atoms with Crippen molar-refractivity contribution < 1.29 is 9.00 Å². The van der Waals surface area contributed by atoms with Gasteiger partial charge in [-0.15, -0.1) is 0 Å². The van der Waals surface area contributed by atoms with Gasteiger partial charge in [-0.1, -0.05) is 17.7 Å². The number of rotatable bonds is 3. The Morgan fingerprint density at radius 3 is 2.72 bits per heavy atom. The molecule has 1 fully saturated rings. The van der Waals surface area contributed by atoms with E-state index in [-0.39, 0.29) is 16.1 Å². The van der Waals surface area contributed by atoms with Gasteiger partial charge in [0.1, 0.15) is 10.6 Å². The monoisotopic (exact) mass is 379 g/mol. The SMILES string of the molecule is Cc1ccc(C(=O)c2c[nH]n(C)c2=O)c(Cl)c1N=C1CCCCS1=O. The Morgan fingerprint density at radius 1 is 1.32 bits per heavy atom. The number of aliphatic imine (C=N–C) groups is 1. The van der Waals surface area contributed by atoms with E-state index in [1.165, 1.54) is 17.9 Å². The molecule has 2 heterocycles. The first-order valence-corrected chi connectivity index (χ1v) is 9.64. The summed E-state index contributed by atoms with van der Waals surface area (Å²) in [5.41, 5.74) is 1.06. The molecule has 2 aromatic rings. The number of halogens is 1. The predicted octanol–water partition coefficient (Wildman–Crippen LogP) is 2.87. The summed E-state index contributed by atoms with van der Waals surface area (Å²) < 4.78 is 13.4. The quantitative estimate of drug-likeness (QED) is 0.832. The highest BCUT2D eigenvalue weighted by Gasteiger charge is 2.22. The third kappa shape index (κ3) is 3.39. The number of H-pyrrole nitrogens is 1. The van der Waals surface area contributed by atoms with Gasteiger partial charge in [0.25, 0.3) is 5.56 Å². The second-order valence-electron chi connectivity index (χ2n) is 5.99. The highest BCUT2D eigenvalue weighted by molar-refractivity contribution is 8.00. The molecule has 1 aromatic carbocycles. The van der Waals surface area contributed by atoms with Crippen LogP contribution in [0, 0.1) is 6.92 Å². The largest absolute Gasteiger partial charge is 0.302 e. The lowest BCUT2D eigenvalue weighted by Gasteiger charge is -2.14. The van der Waals surface area contributed by atoms with Crippen molar-refractivity contribution in [3.8, 4) is 0 Å². The maximum Gasteiger partial charge on any atom is 0.277 e. The van der Waals surface area contributed by atoms with Gasteiger partial charge in [0, 0.05) is 24.6 Å². The minimum Gasteiger partial charge on any atom is -0.302 e. The zero-order valence-electron chi connectivity index (χ0n) is 14.0. The average molecular weight is 380 g/mol. The van der Waals surface area contributed by atoms with Gasteiger partial charge in [-0.05, 0) is 37.8 Å². The van der Waals surface area contributed by atoms with Crippen molar-refractivity contribution in [3.05, 3.63) is 50.4 Å². The molecular formula is C17H18ClN3O3S. The number of carbonyl (C=O) groups excluding carboxylic acids is 1. The van der Waals surface area contributed by atoms with Gasteiger partial charge in [0.2, 0.25) is 5.78 Å². The maximum atomic E-state index is 12.7. The molecule has 8 heteroatoms. The van der Waals surface area contributed by atoms with Crippen molar-refractivity contribution in [2.75, 3.05) is 5.75 Å². The lowest BCUT2D eigenvalue weighted by atomic mass is 10.0. The fraction of sp³-hybridized carbons (Fsp3) is 0.353. The van der Waals surface area contributed by atoms with E-state index < -0.39 is 22.1 Å². The van der Waals surface area contributed by atoms with Crippen LogP contribution >= 0.6 is 11.6 Å². The van der Waals surface area contributed by atoms with E-state index >= 15 is 0 Å². The van der Waals surface area contributed by atoms with Crippen LogP contribution in [0.25, 0.3) is 0 Å². The zero-order chi connectivity index (χ0) is 18.1. The Bertz CT molecular complexity index is 959. The van der Waals surface area contributed by atoms with Crippen LogP contribution in [0.15, 0.2) is 28.1 Å². The number of nitrogens with one attached hydrogen (secondary N) is 1. The van der Waals surface area contributed by atoms with E-state index in [1.54, 1.807) is 12.1 Å². The lowest BCUT2D eigenvalue weighted by Crippen LogP contribution is -2.19. The summed E-state index contributed by atoms with van der Waals surface area (Å²) in [6.07, 6.45) is 3.90. The minimum absolute atomic E-state index is 0.0214. The summed E-state index contributed by atoms with van der Waals surface area (Å²) in [4.78, 5) is 29.2. The molecule has 0 amide bonds. The van der Waals surface area contributed by atoms with Crippen LogP contribution in [0.1, 0.15) is 40.7 Å². The number of aromatic amines is 1. The van der Waals surface area contributed by atoms with Crippen LogP contribution in [-0.4, -0.2) is 30.6 Å². The highest BCUT2D eigenvalue weighted by atomic mass is 35.5. The minimum atomic E-state index is -1.10. The van der Waals surface area contributed by atoms with Crippen molar-refractivity contribution in [1.82, 2.24) is 9.78 Å². The predicted molar refractivity (Wildman–Crippen MR) is 99.6 cm³/mol. The van der Waals surface area contributed by atoms with E-state index in [4.69, 9.17) is 11.6 Å². The van der Waals surface area contributed by atoms with Gasteiger partial charge >= 0.3 is 0 Å². The first-order chi connectivity index (χ1) is 11.9. The molecule has 25 heavy (non-hydrogen) atoms. The molecule has 3 rings (SSSR count). The summed E-state index contributed by atoms with van der Waals surface area (Å²) in [6, 6.07) is 3.33. The van der Waals surface area contributed by atoms with Crippen LogP contribution in [0.4, 0.5) is 5.69 Å². The number of aryl methyl sites for hydroxylation is 2. The van der Waals surface area contributed by atoms with Gasteiger partial charge in [0.15, 0.2) is 0 Å². The molecule has 0 saturated carbocycles. The third-order valence-electron chi connectivity index (χ3n) is 4.21. The second kappa shape index (κ2) is 7.09. The fourth-order valence-corrected chi connectivity index (χ4v) is 4.32. The molecule has 132 valence electrons. The standard InChI is InChI=1S/C17H18ClN3O3S/c1-10-6-7-11(16(22)12-9-19-21(2)17(12)23)14(18)15(10)20-13-5-3-4-8-25(13)24/h6-7,9,19H,3-5,8H2,1-2H3. The van der Waals surface area contributed by atoms with Crippen LogP contribution in [0.3, 0.4) is 0 Å². The second-order valence-corrected chi connectivity index (χ2v) is 7.93. The Hall–Kier alpha value is -1.99. The van der Waals surface area contributed by atoms with Crippen molar-refractivity contribution in [2.24, 2.45) is 12.0 Å². The molecule has 1 unspecified atom stereocenters. The Labute approximate surface area is 152 Å². The van der Waals surface area contributed by atoms with E-state index in [0.29, 0.717) is 22.9 Å². The van der Waals surface area contributed by atoms with Crippen molar-refractivity contribution in [3.63, 3.8) is 0 Å². The first kappa shape index (κ1) is 17.8. The van der Waals surface area contributed by atoms with Crippen LogP contribution in [0.2, 0.25) is 5.02 Å². The van der Waals surface area contributed by atoms with Crippen LogP contribution in [-0.2, 0) is 17.8 Å². The summed E-state index contributed by atoms with van der Waals surface area (Å²) in [7, 11) is 0.433. The topological polar surface area (TPSA) is 84.3 Å². The molecule has 1 aliphatic rings. The number of benzene rings is 1. The van der Waals surface area contributed by atoms with Crippen molar-refractivity contribution >= 4 is 38.9 Å². The molecule has 1 saturated heterocycles. The maximum absolute atomic E-state index is 12.7. The van der Waals surface area contributed by atoms with Crippen molar-refractivity contribution in [2.45, 2.75) is 26.2 Å². The molecule has 1 atom stereocenters. The molecule has 1 N–H and O–H groups in total. The van der Waals surface area contributed by atoms with Crippen LogP contribution in [0.5, 0.6) is 0 Å². The summed E-state index contributed by atoms with van der Waals surface area (Å²) in [5.74, 6) is 0.145. The van der Waals surface area contributed by atoms with Gasteiger partial charge in [-0.2, -0.15) is 0 Å². The van der Waals surface area contributed by atoms with E-state index in [2.05, 4.69) is 10.1 Å². The number of hydrogen-bond acceptors (Lipinski definition) is 4. The normalized spacial score (nSPS) is 19.3. The van der Waals surface area contributed by atoms with Gasteiger partial charge in [-0.25, -0.2) is 4.99 Å². The molecule has 1 aliphatic heterocycles. The summed E-state index contributed by atoms with van der Waals surface area (Å²) >= 11 is 6.44. The fourth-order valence-electron chi connectivity index (χ4n) is 2.72. The molecule has 0 bridgehead atoms. The van der Waals surface area contributed by atoms with E-state index in [1.807, 2.05) is 6.92 Å². The number of aromatic nitrogens is 2. The zero-order valence-corrected chi connectivity index (χ0v) is 15.5. The summed E-state index contributed by atoms with van der Waals surface area (Å²) in [6.45, 7) is 1.83. The Kier molecular flexibility index (Phi) is 5.06. The van der Waals surface area contributed by atoms with Crippen molar-refractivity contribution in [1.29, 1.82) is 0 Å². The van der Waals surface area contributed by atoms with Crippen LogP contribution < -0.4 is 5.56 Å². The third-order valence-corrected chi connectivity index (χ3v) is 6.08. The molecule has 0 aliphatic carbocycles. The van der Waals surface area contributed by atoms with Gasteiger partial charge < -0.3 is 5.10 Å². The van der Waals surface area contributed by atoms with E-state index in [0.717, 1.165) is 18.4 Å². The van der Waals surface area contributed by atoms with Gasteiger partial charge in [0.05, 0.1) is 21.5 Å². The Balaban J connectivity index is 2.07. The number of ketones is 1. The van der Waals surface area contributed by atoms with E-state index in [9.17, 15) is 13.8 Å². The number of nitrogens with zero attached hydrogens (tertiary/aromatic N) is 2. The van der Waals surface area contributed by atoms with Gasteiger partial charge in [-0.3, -0.25) is 18.5 Å². The molecule has 1 aromatic heterocycles.